The van der Waals surface area contributed by atoms with Crippen LogP contribution in [0.4, 0.5) is 10.1 Å². The highest BCUT2D eigenvalue weighted by molar-refractivity contribution is 5.91. The van der Waals surface area contributed by atoms with Gasteiger partial charge in [0.2, 0.25) is 18.6 Å². The first-order valence-corrected chi connectivity index (χ1v) is 10.7. The van der Waals surface area contributed by atoms with E-state index in [2.05, 4.69) is 5.32 Å². The molecule has 0 spiro atoms. The summed E-state index contributed by atoms with van der Waals surface area (Å²) in [6, 6.07) is 9.93. The number of halogens is 1. The zero-order chi connectivity index (χ0) is 21.8. The van der Waals surface area contributed by atoms with E-state index in [1.54, 1.807) is 13.0 Å². The van der Waals surface area contributed by atoms with Crippen molar-refractivity contribution in [2.24, 2.45) is 5.92 Å². The second-order valence-corrected chi connectivity index (χ2v) is 8.26. The number of hydrogen-bond acceptors (Lipinski definition) is 4. The van der Waals surface area contributed by atoms with Crippen molar-refractivity contribution in [2.75, 3.05) is 25.2 Å². The Labute approximate surface area is 181 Å². The minimum atomic E-state index is -0.316. The largest absolute Gasteiger partial charge is 0.454 e. The van der Waals surface area contributed by atoms with Crippen molar-refractivity contribution in [2.45, 2.75) is 39.0 Å². The van der Waals surface area contributed by atoms with E-state index in [1.165, 1.54) is 12.1 Å². The fourth-order valence-electron chi connectivity index (χ4n) is 4.18. The van der Waals surface area contributed by atoms with E-state index in [1.807, 2.05) is 23.1 Å². The summed E-state index contributed by atoms with van der Waals surface area (Å²) in [6.45, 7) is 3.41. The Morgan fingerprint density at radius 2 is 2.00 bits per heavy atom. The predicted octanol–water partition coefficient (Wildman–Crippen LogP) is 4.06. The first-order valence-electron chi connectivity index (χ1n) is 10.7. The van der Waals surface area contributed by atoms with Crippen molar-refractivity contribution >= 4 is 17.5 Å². The highest BCUT2D eigenvalue weighted by atomic mass is 19.1. The van der Waals surface area contributed by atoms with Crippen molar-refractivity contribution in [1.29, 1.82) is 0 Å². The minimum Gasteiger partial charge on any atom is -0.454 e. The summed E-state index contributed by atoms with van der Waals surface area (Å²) in [5, 5.41) is 2.86. The number of hydrogen-bond donors (Lipinski definition) is 1. The number of piperidine rings is 1. The zero-order valence-corrected chi connectivity index (χ0v) is 17.7. The summed E-state index contributed by atoms with van der Waals surface area (Å²) < 4.78 is 23.9. The van der Waals surface area contributed by atoms with Gasteiger partial charge < -0.3 is 19.7 Å². The summed E-state index contributed by atoms with van der Waals surface area (Å²) in [5.41, 5.74) is 2.24. The molecule has 0 unspecified atom stereocenters. The Balaban J connectivity index is 1.26. The number of likely N-dealkylation sites (tertiary alicyclic amines) is 1. The number of amides is 2. The monoisotopic (exact) mass is 426 g/mol. The zero-order valence-electron chi connectivity index (χ0n) is 17.7. The fraction of sp³-hybridized carbons (Fsp3) is 0.417. The average Bonchev–Trinajstić information content (AvgIpc) is 3.22. The third-order valence-electron chi connectivity index (χ3n) is 5.91. The van der Waals surface area contributed by atoms with Crippen molar-refractivity contribution in [3.05, 3.63) is 53.3 Å². The molecule has 0 radical (unpaired) electrons. The summed E-state index contributed by atoms with van der Waals surface area (Å²) >= 11 is 0. The number of rotatable bonds is 6. The number of anilines is 1. The molecule has 0 bridgehead atoms. The van der Waals surface area contributed by atoms with Gasteiger partial charge in [0.25, 0.3) is 0 Å². The third kappa shape index (κ3) is 5.34. The van der Waals surface area contributed by atoms with Gasteiger partial charge in [0.05, 0.1) is 6.42 Å². The van der Waals surface area contributed by atoms with Crippen LogP contribution in [0, 0.1) is 18.7 Å². The lowest BCUT2D eigenvalue weighted by Crippen LogP contribution is -2.40. The molecule has 0 aliphatic carbocycles. The van der Waals surface area contributed by atoms with Gasteiger partial charge in [-0.2, -0.15) is 0 Å². The Morgan fingerprint density at radius 1 is 1.16 bits per heavy atom. The standard InChI is InChI=1S/C24H27FN2O4/c1-16-11-19(25)6-7-20(16)26-23(28)9-5-17-3-2-10-27(14-17)24(29)13-18-4-8-21-22(12-18)31-15-30-21/h4,6-8,11-12,17H,2-3,5,9-10,13-15H2,1H3,(H,26,28)/t17-/m1/s1. The molecule has 2 aliphatic rings. The molecular formula is C24H27FN2O4. The van der Waals surface area contributed by atoms with Crippen LogP contribution in [0.5, 0.6) is 11.5 Å². The molecule has 2 amide bonds. The van der Waals surface area contributed by atoms with Gasteiger partial charge in [-0.05, 0) is 73.6 Å². The molecule has 2 heterocycles. The SMILES string of the molecule is Cc1cc(F)ccc1NC(=O)CC[C@H]1CCCN(C(=O)Cc2ccc3c(c2)OCO3)C1. The summed E-state index contributed by atoms with van der Waals surface area (Å²) in [7, 11) is 0. The minimum absolute atomic E-state index is 0.0847. The van der Waals surface area contributed by atoms with Gasteiger partial charge >= 0.3 is 0 Å². The topological polar surface area (TPSA) is 67.9 Å². The number of carbonyl (C=O) groups excluding carboxylic acids is 2. The van der Waals surface area contributed by atoms with Crippen LogP contribution >= 0.6 is 0 Å². The molecule has 1 atom stereocenters. The van der Waals surface area contributed by atoms with Crippen molar-refractivity contribution in [1.82, 2.24) is 4.90 Å². The first-order chi connectivity index (χ1) is 15.0. The summed E-state index contributed by atoms with van der Waals surface area (Å²) in [4.78, 5) is 27.0. The van der Waals surface area contributed by atoms with Gasteiger partial charge in [-0.3, -0.25) is 9.59 Å². The van der Waals surface area contributed by atoms with E-state index in [0.29, 0.717) is 48.1 Å². The quantitative estimate of drug-likeness (QED) is 0.756. The van der Waals surface area contributed by atoms with E-state index >= 15 is 0 Å². The lowest BCUT2D eigenvalue weighted by Gasteiger charge is -2.33. The molecule has 0 saturated carbocycles. The van der Waals surface area contributed by atoms with Gasteiger partial charge in [0, 0.05) is 25.2 Å². The Kier molecular flexibility index (Phi) is 6.39. The maximum atomic E-state index is 13.2. The Bertz CT molecular complexity index is 978. The molecule has 6 nitrogen and oxygen atoms in total. The Hall–Kier alpha value is -3.09. The normalized spacial score (nSPS) is 17.5. The molecule has 0 aromatic heterocycles. The van der Waals surface area contributed by atoms with Gasteiger partial charge in [-0.25, -0.2) is 4.39 Å². The van der Waals surface area contributed by atoms with Crippen LogP contribution in [0.25, 0.3) is 0 Å². The van der Waals surface area contributed by atoms with E-state index in [0.717, 1.165) is 31.4 Å². The number of nitrogens with zero attached hydrogens (tertiary/aromatic N) is 1. The summed E-state index contributed by atoms with van der Waals surface area (Å²) in [6.07, 6.45) is 3.38. The number of carbonyl (C=O) groups is 2. The van der Waals surface area contributed by atoms with Crippen LogP contribution in [0.1, 0.15) is 36.8 Å². The lowest BCUT2D eigenvalue weighted by atomic mass is 9.92. The molecule has 164 valence electrons. The second-order valence-electron chi connectivity index (χ2n) is 8.26. The maximum absolute atomic E-state index is 13.2. The molecule has 2 aromatic carbocycles. The van der Waals surface area contributed by atoms with E-state index in [4.69, 9.17) is 9.47 Å². The average molecular weight is 426 g/mol. The molecule has 7 heteroatoms. The highest BCUT2D eigenvalue weighted by Crippen LogP contribution is 2.33. The predicted molar refractivity (Wildman–Crippen MR) is 115 cm³/mol. The van der Waals surface area contributed by atoms with Crippen LogP contribution in [0.3, 0.4) is 0 Å². The lowest BCUT2D eigenvalue weighted by molar-refractivity contribution is -0.132. The van der Waals surface area contributed by atoms with Crippen LogP contribution in [-0.2, 0) is 16.0 Å². The number of fused-ring (bicyclic) bond motifs is 1. The van der Waals surface area contributed by atoms with Gasteiger partial charge in [0.15, 0.2) is 11.5 Å². The Morgan fingerprint density at radius 3 is 2.84 bits per heavy atom. The van der Waals surface area contributed by atoms with Crippen molar-refractivity contribution in [3.63, 3.8) is 0 Å². The van der Waals surface area contributed by atoms with Crippen LogP contribution in [0.15, 0.2) is 36.4 Å². The number of ether oxygens (including phenoxy) is 2. The number of nitrogens with one attached hydrogen (secondary N) is 1. The first kappa shape index (κ1) is 21.2. The molecule has 2 aromatic rings. The van der Waals surface area contributed by atoms with E-state index < -0.39 is 0 Å². The van der Waals surface area contributed by atoms with E-state index in [-0.39, 0.29) is 24.4 Å². The smallest absolute Gasteiger partial charge is 0.231 e. The van der Waals surface area contributed by atoms with Crippen LogP contribution in [-0.4, -0.2) is 36.6 Å². The molecule has 31 heavy (non-hydrogen) atoms. The summed E-state index contributed by atoms with van der Waals surface area (Å²) in [5.74, 6) is 1.39. The molecule has 1 fully saturated rings. The van der Waals surface area contributed by atoms with Gasteiger partial charge in [0.1, 0.15) is 5.82 Å². The second kappa shape index (κ2) is 9.37. The van der Waals surface area contributed by atoms with Crippen LogP contribution < -0.4 is 14.8 Å². The van der Waals surface area contributed by atoms with Crippen molar-refractivity contribution < 1.29 is 23.5 Å². The molecular weight excluding hydrogens is 399 g/mol. The fourth-order valence-corrected chi connectivity index (χ4v) is 4.18. The highest BCUT2D eigenvalue weighted by Gasteiger charge is 2.25. The number of benzene rings is 2. The molecule has 1 N–H and O–H groups in total. The molecule has 1 saturated heterocycles. The third-order valence-corrected chi connectivity index (χ3v) is 5.91. The molecule has 4 rings (SSSR count). The van der Waals surface area contributed by atoms with Crippen LogP contribution in [0.2, 0.25) is 0 Å². The maximum Gasteiger partial charge on any atom is 0.231 e. The van der Waals surface area contributed by atoms with Crippen molar-refractivity contribution in [3.8, 4) is 11.5 Å². The van der Waals surface area contributed by atoms with Gasteiger partial charge in [-0.1, -0.05) is 6.07 Å². The molecule has 2 aliphatic heterocycles. The van der Waals surface area contributed by atoms with E-state index in [9.17, 15) is 14.0 Å². The number of aryl methyl sites for hydroxylation is 1. The van der Waals surface area contributed by atoms with Gasteiger partial charge in [-0.15, -0.1) is 0 Å².